The van der Waals surface area contributed by atoms with Gasteiger partial charge in [0.25, 0.3) is 5.91 Å². The monoisotopic (exact) mass is 412 g/mol. The molecule has 31 heavy (non-hydrogen) atoms. The molecule has 0 unspecified atom stereocenters. The summed E-state index contributed by atoms with van der Waals surface area (Å²) in [6, 6.07) is 26.8. The molecule has 0 atom stereocenters. The Morgan fingerprint density at radius 3 is 1.84 bits per heavy atom. The fourth-order valence-electron chi connectivity index (χ4n) is 2.60. The highest BCUT2D eigenvalue weighted by atomic mass is 16.5. The van der Waals surface area contributed by atoms with E-state index in [-0.39, 0.29) is 12.5 Å². The van der Waals surface area contributed by atoms with Gasteiger partial charge in [0.05, 0.1) is 12.8 Å². The molecule has 0 aliphatic heterocycles. The number of carbonyl (C=O) groups is 1. The van der Waals surface area contributed by atoms with E-state index in [1.807, 2.05) is 85.0 Å². The smallest absolute Gasteiger partial charge is 0.277 e. The largest absolute Gasteiger partial charge is 0.497 e. The molecule has 0 aromatic heterocycles. The van der Waals surface area contributed by atoms with Crippen LogP contribution in [0, 0.1) is 0 Å². The van der Waals surface area contributed by atoms with E-state index < -0.39 is 0 Å². The standard InChI is InChI=1S/C26H24N2O3/c1-30-24-16-18-25(19-17-24)31-20-26(29)28-27-23(14-12-21-8-4-2-5-9-21)15-13-22-10-6-3-7-11-22/h2-19H,20H2,1H3,(H,28,29). The zero-order chi connectivity index (χ0) is 21.7. The van der Waals surface area contributed by atoms with Gasteiger partial charge >= 0.3 is 0 Å². The summed E-state index contributed by atoms with van der Waals surface area (Å²) in [5, 5.41) is 4.24. The van der Waals surface area contributed by atoms with Crippen molar-refractivity contribution in [3.63, 3.8) is 0 Å². The third-order valence-electron chi connectivity index (χ3n) is 4.23. The van der Waals surface area contributed by atoms with Crippen LogP contribution in [0.3, 0.4) is 0 Å². The Hall–Kier alpha value is -4.12. The van der Waals surface area contributed by atoms with Crippen molar-refractivity contribution in [1.29, 1.82) is 0 Å². The van der Waals surface area contributed by atoms with Gasteiger partial charge in [-0.05, 0) is 47.5 Å². The first kappa shape index (κ1) is 21.6. The minimum atomic E-state index is -0.352. The summed E-state index contributed by atoms with van der Waals surface area (Å²) in [7, 11) is 1.59. The van der Waals surface area contributed by atoms with Crippen molar-refractivity contribution < 1.29 is 14.3 Å². The summed E-state index contributed by atoms with van der Waals surface area (Å²) >= 11 is 0. The fourth-order valence-corrected chi connectivity index (χ4v) is 2.60. The van der Waals surface area contributed by atoms with Crippen LogP contribution in [0.2, 0.25) is 0 Å². The molecule has 5 nitrogen and oxygen atoms in total. The number of ether oxygens (including phenoxy) is 2. The van der Waals surface area contributed by atoms with E-state index in [4.69, 9.17) is 9.47 Å². The number of hydrogen-bond acceptors (Lipinski definition) is 4. The summed E-state index contributed by atoms with van der Waals surface area (Å²) in [6.45, 7) is -0.145. The van der Waals surface area contributed by atoms with Gasteiger partial charge in [-0.2, -0.15) is 5.10 Å². The van der Waals surface area contributed by atoms with E-state index in [2.05, 4.69) is 10.5 Å². The van der Waals surface area contributed by atoms with E-state index in [9.17, 15) is 4.79 Å². The Labute approximate surface area is 182 Å². The highest BCUT2D eigenvalue weighted by Gasteiger charge is 2.02. The maximum absolute atomic E-state index is 12.2. The number of amides is 1. The maximum Gasteiger partial charge on any atom is 0.277 e. The topological polar surface area (TPSA) is 59.9 Å². The first-order chi connectivity index (χ1) is 15.2. The summed E-state index contributed by atoms with van der Waals surface area (Å²) < 4.78 is 10.6. The molecule has 0 heterocycles. The summed E-state index contributed by atoms with van der Waals surface area (Å²) in [5.41, 5.74) is 5.23. The predicted octanol–water partition coefficient (Wildman–Crippen LogP) is 4.97. The second-order valence-corrected chi connectivity index (χ2v) is 6.52. The average Bonchev–Trinajstić information content (AvgIpc) is 2.84. The van der Waals surface area contributed by atoms with Gasteiger partial charge in [0, 0.05) is 0 Å². The van der Waals surface area contributed by atoms with Crippen molar-refractivity contribution in [3.05, 3.63) is 108 Å². The van der Waals surface area contributed by atoms with Gasteiger partial charge < -0.3 is 9.47 Å². The first-order valence-electron chi connectivity index (χ1n) is 9.82. The van der Waals surface area contributed by atoms with Crippen LogP contribution in [-0.4, -0.2) is 25.3 Å². The fraction of sp³-hybridized carbons (Fsp3) is 0.0769. The van der Waals surface area contributed by atoms with E-state index in [0.29, 0.717) is 11.5 Å². The van der Waals surface area contributed by atoms with Crippen LogP contribution in [0.4, 0.5) is 0 Å². The van der Waals surface area contributed by atoms with Crippen molar-refractivity contribution in [2.75, 3.05) is 13.7 Å². The normalized spacial score (nSPS) is 10.7. The van der Waals surface area contributed by atoms with E-state index in [0.717, 1.165) is 16.9 Å². The van der Waals surface area contributed by atoms with E-state index in [1.165, 1.54) is 0 Å². The van der Waals surface area contributed by atoms with Crippen LogP contribution >= 0.6 is 0 Å². The van der Waals surface area contributed by atoms with Crippen molar-refractivity contribution in [3.8, 4) is 11.5 Å². The van der Waals surface area contributed by atoms with Gasteiger partial charge in [-0.3, -0.25) is 4.79 Å². The molecule has 1 amide bonds. The predicted molar refractivity (Wildman–Crippen MR) is 125 cm³/mol. The molecule has 0 saturated heterocycles. The molecular weight excluding hydrogens is 388 g/mol. The molecule has 0 bridgehead atoms. The van der Waals surface area contributed by atoms with Crippen molar-refractivity contribution >= 4 is 23.8 Å². The Kier molecular flexibility index (Phi) is 8.20. The molecule has 0 aliphatic carbocycles. The van der Waals surface area contributed by atoms with Crippen molar-refractivity contribution in [2.45, 2.75) is 0 Å². The molecule has 156 valence electrons. The molecule has 5 heteroatoms. The number of carbonyl (C=O) groups excluding carboxylic acids is 1. The Morgan fingerprint density at radius 1 is 0.806 bits per heavy atom. The van der Waals surface area contributed by atoms with Crippen LogP contribution in [0.15, 0.2) is 102 Å². The summed E-state index contributed by atoms with van der Waals surface area (Å²) in [5.74, 6) is 0.948. The molecular formula is C26H24N2O3. The van der Waals surface area contributed by atoms with Crippen LogP contribution in [0.5, 0.6) is 11.5 Å². The molecule has 0 radical (unpaired) electrons. The molecule has 3 aromatic rings. The second-order valence-electron chi connectivity index (χ2n) is 6.52. The van der Waals surface area contributed by atoms with Crippen LogP contribution in [-0.2, 0) is 4.79 Å². The minimum absolute atomic E-state index is 0.145. The second kappa shape index (κ2) is 11.8. The number of nitrogens with zero attached hydrogens (tertiary/aromatic N) is 1. The van der Waals surface area contributed by atoms with Gasteiger partial charge in [0.15, 0.2) is 6.61 Å². The van der Waals surface area contributed by atoms with Crippen LogP contribution < -0.4 is 14.9 Å². The van der Waals surface area contributed by atoms with Crippen molar-refractivity contribution in [2.24, 2.45) is 5.10 Å². The lowest BCUT2D eigenvalue weighted by Crippen LogP contribution is -2.25. The summed E-state index contributed by atoms with van der Waals surface area (Å²) in [4.78, 5) is 12.2. The third kappa shape index (κ3) is 7.66. The summed E-state index contributed by atoms with van der Waals surface area (Å²) in [6.07, 6.45) is 7.57. The molecule has 3 rings (SSSR count). The van der Waals surface area contributed by atoms with Crippen LogP contribution in [0.1, 0.15) is 11.1 Å². The Balaban J connectivity index is 1.64. The lowest BCUT2D eigenvalue weighted by molar-refractivity contribution is -0.123. The molecule has 3 aromatic carbocycles. The molecule has 0 saturated carbocycles. The van der Waals surface area contributed by atoms with Gasteiger partial charge in [-0.1, -0.05) is 72.8 Å². The molecule has 1 N–H and O–H groups in total. The third-order valence-corrected chi connectivity index (χ3v) is 4.23. The maximum atomic E-state index is 12.2. The van der Waals surface area contributed by atoms with Gasteiger partial charge in [-0.25, -0.2) is 5.43 Å². The zero-order valence-corrected chi connectivity index (χ0v) is 17.3. The molecule has 0 spiro atoms. The lowest BCUT2D eigenvalue weighted by Gasteiger charge is -2.06. The molecule has 0 aliphatic rings. The Bertz CT molecular complexity index is 990. The number of nitrogens with one attached hydrogen (secondary N) is 1. The van der Waals surface area contributed by atoms with Gasteiger partial charge in [0.2, 0.25) is 0 Å². The quantitative estimate of drug-likeness (QED) is 0.399. The van der Waals surface area contributed by atoms with E-state index in [1.54, 1.807) is 31.4 Å². The highest BCUT2D eigenvalue weighted by molar-refractivity contribution is 6.08. The number of rotatable bonds is 9. The average molecular weight is 412 g/mol. The zero-order valence-electron chi connectivity index (χ0n) is 17.3. The lowest BCUT2D eigenvalue weighted by atomic mass is 10.1. The first-order valence-corrected chi connectivity index (χ1v) is 9.82. The SMILES string of the molecule is COc1ccc(OCC(=O)NN=C(C=Cc2ccccc2)C=Cc2ccccc2)cc1. The number of benzene rings is 3. The Morgan fingerprint density at radius 2 is 1.32 bits per heavy atom. The number of allylic oxidation sites excluding steroid dienone is 2. The van der Waals surface area contributed by atoms with Gasteiger partial charge in [-0.15, -0.1) is 0 Å². The van der Waals surface area contributed by atoms with Crippen LogP contribution in [0.25, 0.3) is 12.2 Å². The number of hydrogen-bond donors (Lipinski definition) is 1. The van der Waals surface area contributed by atoms with E-state index >= 15 is 0 Å². The minimum Gasteiger partial charge on any atom is -0.497 e. The van der Waals surface area contributed by atoms with Gasteiger partial charge in [0.1, 0.15) is 11.5 Å². The highest BCUT2D eigenvalue weighted by Crippen LogP contribution is 2.16. The number of methoxy groups -OCH3 is 1. The number of hydrazone groups is 1. The molecule has 0 fully saturated rings. The van der Waals surface area contributed by atoms with Crippen molar-refractivity contribution in [1.82, 2.24) is 5.43 Å².